The number of nitrogens with zero attached hydrogens (tertiary/aromatic N) is 2. The minimum atomic E-state index is -0.0613. The molecule has 2 atom stereocenters. The summed E-state index contributed by atoms with van der Waals surface area (Å²) in [4.78, 5) is 42.1. The van der Waals surface area contributed by atoms with Crippen LogP contribution >= 0.6 is 11.6 Å². The van der Waals surface area contributed by atoms with Crippen LogP contribution in [0.25, 0.3) is 0 Å². The van der Waals surface area contributed by atoms with Gasteiger partial charge < -0.3 is 15.1 Å². The predicted molar refractivity (Wildman–Crippen MR) is 155 cm³/mol. The van der Waals surface area contributed by atoms with Crippen molar-refractivity contribution >= 4 is 40.7 Å². The molecule has 3 aromatic rings. The van der Waals surface area contributed by atoms with Gasteiger partial charge in [-0.05, 0) is 91.6 Å². The van der Waals surface area contributed by atoms with Crippen molar-refractivity contribution in [1.29, 1.82) is 0 Å². The maximum Gasteiger partial charge on any atom is 0.258 e. The highest BCUT2D eigenvalue weighted by atomic mass is 35.5. The highest BCUT2D eigenvalue weighted by molar-refractivity contribution is 6.30. The van der Waals surface area contributed by atoms with Gasteiger partial charge in [0, 0.05) is 54.4 Å². The fourth-order valence-electron chi connectivity index (χ4n) is 5.97. The summed E-state index contributed by atoms with van der Waals surface area (Å²) < 4.78 is 0. The maximum absolute atomic E-state index is 13.8. The van der Waals surface area contributed by atoms with Crippen molar-refractivity contribution in [3.63, 3.8) is 0 Å². The number of para-hydroxylation sites is 1. The summed E-state index contributed by atoms with van der Waals surface area (Å²) in [6.07, 6.45) is 2.92. The Morgan fingerprint density at radius 1 is 0.923 bits per heavy atom. The number of carbonyl (C=O) groups excluding carboxylic acids is 3. The lowest BCUT2D eigenvalue weighted by Crippen LogP contribution is -2.43. The second kappa shape index (κ2) is 11.6. The molecule has 6 nitrogen and oxygen atoms in total. The van der Waals surface area contributed by atoms with E-state index in [-0.39, 0.29) is 29.7 Å². The Hall–Kier alpha value is -3.64. The van der Waals surface area contributed by atoms with Gasteiger partial charge in [-0.2, -0.15) is 0 Å². The number of hydrogen-bond donors (Lipinski definition) is 1. The number of halogens is 1. The van der Waals surface area contributed by atoms with E-state index in [4.69, 9.17) is 11.6 Å². The summed E-state index contributed by atoms with van der Waals surface area (Å²) in [5, 5.41) is 3.59. The molecule has 3 amide bonds. The number of hydrogen-bond acceptors (Lipinski definition) is 3. The maximum atomic E-state index is 13.8. The minimum absolute atomic E-state index is 0.01000. The Bertz CT molecular complexity index is 1350. The summed E-state index contributed by atoms with van der Waals surface area (Å²) in [7, 11) is 0. The standard InChI is InChI=1S/C32H34ClN3O3/c1-21-19-26(20-31(38)34-28-13-11-27(33)12-14-28)29-5-3-4-6-30(29)36(21)32(39)25-9-7-23(8-10-25)24-15-17-35(18-16-24)22(2)37/h3-14,21,24,26H,15-20H2,1-2H3,(H,34,38)/t21-,26+/m0/s1. The second-order valence-electron chi connectivity index (χ2n) is 10.7. The van der Waals surface area contributed by atoms with Crippen molar-refractivity contribution in [3.8, 4) is 0 Å². The summed E-state index contributed by atoms with van der Waals surface area (Å²) in [5.74, 6) is 0.454. The molecule has 0 unspecified atom stereocenters. The Labute approximate surface area is 235 Å². The smallest absolute Gasteiger partial charge is 0.258 e. The Balaban J connectivity index is 1.29. The largest absolute Gasteiger partial charge is 0.343 e. The topological polar surface area (TPSA) is 69.7 Å². The van der Waals surface area contributed by atoms with Gasteiger partial charge in [0.1, 0.15) is 0 Å². The first-order chi connectivity index (χ1) is 18.8. The number of amides is 3. The molecule has 0 aliphatic carbocycles. The number of benzene rings is 3. The molecular formula is C32H34ClN3O3. The van der Waals surface area contributed by atoms with E-state index in [2.05, 4.69) is 24.4 Å². The second-order valence-corrected chi connectivity index (χ2v) is 11.1. The van der Waals surface area contributed by atoms with E-state index in [0.717, 1.165) is 37.2 Å². The highest BCUT2D eigenvalue weighted by Crippen LogP contribution is 2.41. The van der Waals surface area contributed by atoms with Crippen LogP contribution in [0, 0.1) is 0 Å². The molecule has 2 heterocycles. The van der Waals surface area contributed by atoms with Crippen molar-refractivity contribution in [1.82, 2.24) is 4.90 Å². The van der Waals surface area contributed by atoms with Gasteiger partial charge in [-0.3, -0.25) is 14.4 Å². The van der Waals surface area contributed by atoms with Crippen LogP contribution in [-0.4, -0.2) is 41.8 Å². The van der Waals surface area contributed by atoms with Gasteiger partial charge in [0.2, 0.25) is 11.8 Å². The lowest BCUT2D eigenvalue weighted by atomic mass is 9.83. The first kappa shape index (κ1) is 26.9. The molecule has 202 valence electrons. The molecule has 0 aromatic heterocycles. The van der Waals surface area contributed by atoms with E-state index in [1.807, 2.05) is 46.2 Å². The van der Waals surface area contributed by atoms with Gasteiger partial charge in [0.25, 0.3) is 5.91 Å². The van der Waals surface area contributed by atoms with Crippen molar-refractivity contribution in [2.75, 3.05) is 23.3 Å². The number of carbonyl (C=O) groups is 3. The lowest BCUT2D eigenvalue weighted by Gasteiger charge is -2.39. The molecule has 7 heteroatoms. The summed E-state index contributed by atoms with van der Waals surface area (Å²) in [5.41, 5.74) is 4.47. The summed E-state index contributed by atoms with van der Waals surface area (Å²) in [6, 6.07) is 22.9. The average molecular weight is 544 g/mol. The highest BCUT2D eigenvalue weighted by Gasteiger charge is 2.35. The van der Waals surface area contributed by atoms with E-state index in [9.17, 15) is 14.4 Å². The first-order valence-corrected chi connectivity index (χ1v) is 14.0. The Morgan fingerprint density at radius 2 is 1.59 bits per heavy atom. The molecule has 3 aromatic carbocycles. The third-order valence-corrected chi connectivity index (χ3v) is 8.30. The molecule has 0 bridgehead atoms. The number of likely N-dealkylation sites (tertiary alicyclic amines) is 1. The van der Waals surface area contributed by atoms with Crippen molar-refractivity contribution in [3.05, 3.63) is 94.5 Å². The van der Waals surface area contributed by atoms with Crippen LogP contribution in [0.2, 0.25) is 5.02 Å². The number of anilines is 2. The normalized spacial score (nSPS) is 19.4. The fourth-order valence-corrected chi connectivity index (χ4v) is 6.10. The minimum Gasteiger partial charge on any atom is -0.343 e. The van der Waals surface area contributed by atoms with Crippen molar-refractivity contribution in [2.45, 2.75) is 57.4 Å². The van der Waals surface area contributed by atoms with Crippen molar-refractivity contribution in [2.24, 2.45) is 0 Å². The van der Waals surface area contributed by atoms with Crippen LogP contribution in [0.3, 0.4) is 0 Å². The zero-order valence-electron chi connectivity index (χ0n) is 22.4. The predicted octanol–water partition coefficient (Wildman–Crippen LogP) is 6.62. The number of nitrogens with one attached hydrogen (secondary N) is 1. The van der Waals surface area contributed by atoms with E-state index in [1.165, 1.54) is 5.56 Å². The molecule has 1 N–H and O–H groups in total. The summed E-state index contributed by atoms with van der Waals surface area (Å²) in [6.45, 7) is 5.23. The van der Waals surface area contributed by atoms with E-state index in [0.29, 0.717) is 35.0 Å². The monoisotopic (exact) mass is 543 g/mol. The van der Waals surface area contributed by atoms with E-state index >= 15 is 0 Å². The van der Waals surface area contributed by atoms with Crippen LogP contribution in [0.15, 0.2) is 72.8 Å². The van der Waals surface area contributed by atoms with E-state index in [1.54, 1.807) is 31.2 Å². The molecule has 1 saturated heterocycles. The quantitative estimate of drug-likeness (QED) is 0.393. The van der Waals surface area contributed by atoms with Crippen LogP contribution in [0.4, 0.5) is 11.4 Å². The third-order valence-electron chi connectivity index (χ3n) is 8.05. The molecule has 2 aliphatic heterocycles. The molecule has 1 fully saturated rings. The van der Waals surface area contributed by atoms with Crippen LogP contribution in [0.1, 0.15) is 72.9 Å². The number of rotatable bonds is 5. The Kier molecular flexibility index (Phi) is 8.03. The van der Waals surface area contributed by atoms with Gasteiger partial charge >= 0.3 is 0 Å². The molecule has 2 aliphatic rings. The molecule has 0 saturated carbocycles. The average Bonchev–Trinajstić information content (AvgIpc) is 2.94. The summed E-state index contributed by atoms with van der Waals surface area (Å²) >= 11 is 5.96. The molecule has 0 spiro atoms. The van der Waals surface area contributed by atoms with Gasteiger partial charge in [-0.1, -0.05) is 41.9 Å². The van der Waals surface area contributed by atoms with Crippen LogP contribution in [-0.2, 0) is 9.59 Å². The van der Waals surface area contributed by atoms with Gasteiger partial charge in [0.15, 0.2) is 0 Å². The van der Waals surface area contributed by atoms with Crippen LogP contribution < -0.4 is 10.2 Å². The molecule has 0 radical (unpaired) electrons. The molecular weight excluding hydrogens is 510 g/mol. The number of piperidine rings is 1. The van der Waals surface area contributed by atoms with Gasteiger partial charge in [-0.15, -0.1) is 0 Å². The molecule has 39 heavy (non-hydrogen) atoms. The Morgan fingerprint density at radius 3 is 2.26 bits per heavy atom. The third kappa shape index (κ3) is 6.01. The van der Waals surface area contributed by atoms with Gasteiger partial charge in [0.05, 0.1) is 0 Å². The van der Waals surface area contributed by atoms with E-state index < -0.39 is 0 Å². The zero-order valence-corrected chi connectivity index (χ0v) is 23.2. The fraction of sp³-hybridized carbons (Fsp3) is 0.344. The van der Waals surface area contributed by atoms with Gasteiger partial charge in [-0.25, -0.2) is 0 Å². The van der Waals surface area contributed by atoms with Crippen LogP contribution in [0.5, 0.6) is 0 Å². The first-order valence-electron chi connectivity index (χ1n) is 13.6. The molecule has 5 rings (SSSR count). The SMILES string of the molecule is CC(=O)N1CCC(c2ccc(C(=O)N3c4ccccc4[C@@H](CC(=O)Nc4ccc(Cl)cc4)C[C@@H]3C)cc2)CC1. The lowest BCUT2D eigenvalue weighted by molar-refractivity contribution is -0.129. The zero-order chi connectivity index (χ0) is 27.5. The van der Waals surface area contributed by atoms with Crippen molar-refractivity contribution < 1.29 is 14.4 Å². The number of fused-ring (bicyclic) bond motifs is 1.